The van der Waals surface area contributed by atoms with Crippen LogP contribution in [0.15, 0.2) is 85.2 Å². The van der Waals surface area contributed by atoms with Gasteiger partial charge in [-0.1, -0.05) is 35.9 Å². The quantitative estimate of drug-likeness (QED) is 0.305. The zero-order valence-electron chi connectivity index (χ0n) is 18.7. The first-order valence-electron chi connectivity index (χ1n) is 10.9. The Labute approximate surface area is 197 Å². The second-order valence-electron chi connectivity index (χ2n) is 7.86. The molecule has 1 unspecified atom stereocenters. The number of carbonyl (C=O) groups excluding carboxylic acids is 2. The van der Waals surface area contributed by atoms with E-state index in [2.05, 4.69) is 10.3 Å². The molecule has 3 N–H and O–H groups in total. The Bertz CT molecular complexity index is 1290. The van der Waals surface area contributed by atoms with E-state index in [-0.39, 0.29) is 19.1 Å². The molecule has 0 fully saturated rings. The lowest BCUT2D eigenvalue weighted by atomic mass is 9.98. The van der Waals surface area contributed by atoms with Crippen LogP contribution in [0.25, 0.3) is 10.8 Å². The van der Waals surface area contributed by atoms with Crippen LogP contribution < -0.4 is 20.5 Å². The minimum Gasteiger partial charge on any atom is -0.482 e. The number of nitrogens with one attached hydrogen (secondary N) is 1. The molecule has 0 aliphatic carbocycles. The number of nitrogens with zero attached hydrogens (tertiary/aromatic N) is 1. The molecule has 4 aromatic rings. The van der Waals surface area contributed by atoms with Crippen LogP contribution in [0.1, 0.15) is 17.0 Å². The van der Waals surface area contributed by atoms with E-state index < -0.39 is 11.9 Å². The van der Waals surface area contributed by atoms with Gasteiger partial charge in [-0.25, -0.2) is 4.79 Å². The van der Waals surface area contributed by atoms with Crippen LogP contribution in [0.3, 0.4) is 0 Å². The number of benzene rings is 3. The molecule has 34 heavy (non-hydrogen) atoms. The highest BCUT2D eigenvalue weighted by molar-refractivity contribution is 5.98. The summed E-state index contributed by atoms with van der Waals surface area (Å²) in [5, 5.41) is 4.91. The minimum atomic E-state index is -0.534. The van der Waals surface area contributed by atoms with Crippen molar-refractivity contribution in [2.24, 2.45) is 5.73 Å². The summed E-state index contributed by atoms with van der Waals surface area (Å²) in [7, 11) is 0. The van der Waals surface area contributed by atoms with Crippen LogP contribution in [-0.4, -0.2) is 30.0 Å². The van der Waals surface area contributed by atoms with Crippen molar-refractivity contribution in [3.63, 3.8) is 0 Å². The maximum atomic E-state index is 12.9. The second kappa shape index (κ2) is 10.6. The summed E-state index contributed by atoms with van der Waals surface area (Å²) in [5.41, 5.74) is 8.43. The number of hydrogen-bond acceptors (Lipinski definition) is 6. The molecule has 7 nitrogen and oxygen atoms in total. The number of amides is 1. The molecule has 1 heterocycles. The summed E-state index contributed by atoms with van der Waals surface area (Å²) in [6.45, 7) is 1.87. The van der Waals surface area contributed by atoms with Gasteiger partial charge in [0.25, 0.3) is 0 Å². The Balaban J connectivity index is 1.34. The van der Waals surface area contributed by atoms with Crippen molar-refractivity contribution in [2.75, 3.05) is 18.5 Å². The van der Waals surface area contributed by atoms with Gasteiger partial charge in [0.05, 0.1) is 5.92 Å². The van der Waals surface area contributed by atoms with Gasteiger partial charge in [0.2, 0.25) is 5.91 Å². The number of aryl methyl sites for hydroxylation is 1. The van der Waals surface area contributed by atoms with Crippen LogP contribution in [0, 0.1) is 6.92 Å². The lowest BCUT2D eigenvalue weighted by Crippen LogP contribution is -2.27. The van der Waals surface area contributed by atoms with Crippen LogP contribution in [-0.2, 0) is 9.59 Å². The zero-order valence-corrected chi connectivity index (χ0v) is 18.7. The van der Waals surface area contributed by atoms with Gasteiger partial charge in [0, 0.05) is 30.0 Å². The topological polar surface area (TPSA) is 104 Å². The number of esters is 1. The third kappa shape index (κ3) is 5.76. The Morgan fingerprint density at radius 3 is 2.41 bits per heavy atom. The van der Waals surface area contributed by atoms with Crippen LogP contribution in [0.4, 0.5) is 5.69 Å². The van der Waals surface area contributed by atoms with Crippen molar-refractivity contribution in [3.05, 3.63) is 96.3 Å². The first-order valence-corrected chi connectivity index (χ1v) is 10.9. The summed E-state index contributed by atoms with van der Waals surface area (Å²) in [4.78, 5) is 29.0. The van der Waals surface area contributed by atoms with Gasteiger partial charge < -0.3 is 20.5 Å². The molecule has 1 atom stereocenters. The summed E-state index contributed by atoms with van der Waals surface area (Å²) in [6.07, 6.45) is 3.48. The highest BCUT2D eigenvalue weighted by Crippen LogP contribution is 2.23. The molecule has 0 saturated carbocycles. The molecule has 0 aliphatic rings. The van der Waals surface area contributed by atoms with Crippen molar-refractivity contribution in [1.29, 1.82) is 0 Å². The maximum absolute atomic E-state index is 12.9. The Morgan fingerprint density at radius 1 is 0.941 bits per heavy atom. The maximum Gasteiger partial charge on any atom is 0.349 e. The molecule has 1 aromatic heterocycles. The fraction of sp³-hybridized carbons (Fsp3) is 0.148. The van der Waals surface area contributed by atoms with E-state index in [0.717, 1.165) is 21.9 Å². The predicted octanol–water partition coefficient (Wildman–Crippen LogP) is 4.21. The predicted molar refractivity (Wildman–Crippen MR) is 131 cm³/mol. The summed E-state index contributed by atoms with van der Waals surface area (Å²) in [6, 6.07) is 21.7. The monoisotopic (exact) mass is 455 g/mol. The van der Waals surface area contributed by atoms with E-state index in [4.69, 9.17) is 15.2 Å². The molecule has 0 spiro atoms. The Morgan fingerprint density at radius 2 is 1.68 bits per heavy atom. The SMILES string of the molecule is Cc1ccc(OC(=O)COc2ccc(C(CN)C(=O)Nc3ccc4cnccc4c3)cc2)cc1. The molecule has 0 bridgehead atoms. The van der Waals surface area contributed by atoms with Gasteiger partial charge in [-0.2, -0.15) is 0 Å². The largest absolute Gasteiger partial charge is 0.482 e. The number of anilines is 1. The van der Waals surface area contributed by atoms with E-state index in [1.165, 1.54) is 0 Å². The fourth-order valence-electron chi connectivity index (χ4n) is 3.49. The number of pyridine rings is 1. The number of ether oxygens (including phenoxy) is 2. The molecule has 7 heteroatoms. The molecular formula is C27H25N3O4. The first-order chi connectivity index (χ1) is 16.5. The summed E-state index contributed by atoms with van der Waals surface area (Å²) >= 11 is 0. The van der Waals surface area contributed by atoms with E-state index in [9.17, 15) is 9.59 Å². The van der Waals surface area contributed by atoms with Crippen LogP contribution in [0.5, 0.6) is 11.5 Å². The number of aromatic nitrogens is 1. The number of carbonyl (C=O) groups is 2. The molecule has 172 valence electrons. The van der Waals surface area contributed by atoms with Gasteiger partial charge >= 0.3 is 5.97 Å². The zero-order chi connectivity index (χ0) is 23.9. The van der Waals surface area contributed by atoms with Crippen molar-refractivity contribution in [2.45, 2.75) is 12.8 Å². The van der Waals surface area contributed by atoms with E-state index in [1.807, 2.05) is 43.3 Å². The molecule has 0 aliphatic heterocycles. The summed E-state index contributed by atoms with van der Waals surface area (Å²) < 4.78 is 10.8. The van der Waals surface area contributed by atoms with Gasteiger partial charge in [-0.05, 0) is 60.3 Å². The molecule has 0 saturated heterocycles. The van der Waals surface area contributed by atoms with Crippen molar-refractivity contribution >= 4 is 28.3 Å². The van der Waals surface area contributed by atoms with E-state index in [1.54, 1.807) is 48.8 Å². The highest BCUT2D eigenvalue weighted by atomic mass is 16.6. The van der Waals surface area contributed by atoms with Crippen molar-refractivity contribution < 1.29 is 19.1 Å². The molecule has 0 radical (unpaired) electrons. The number of hydrogen-bond donors (Lipinski definition) is 2. The first kappa shape index (κ1) is 22.9. The van der Waals surface area contributed by atoms with Crippen LogP contribution in [0.2, 0.25) is 0 Å². The number of nitrogens with two attached hydrogens (primary N) is 1. The minimum absolute atomic E-state index is 0.145. The normalized spacial score (nSPS) is 11.6. The lowest BCUT2D eigenvalue weighted by Gasteiger charge is -2.16. The Hall–Kier alpha value is -4.23. The van der Waals surface area contributed by atoms with Crippen molar-refractivity contribution in [3.8, 4) is 11.5 Å². The van der Waals surface area contributed by atoms with Gasteiger partial charge in [0.1, 0.15) is 11.5 Å². The number of rotatable bonds is 8. The molecule has 4 rings (SSSR count). The fourth-order valence-corrected chi connectivity index (χ4v) is 3.49. The molecular weight excluding hydrogens is 430 g/mol. The molecule has 3 aromatic carbocycles. The van der Waals surface area contributed by atoms with E-state index in [0.29, 0.717) is 17.2 Å². The average Bonchev–Trinajstić information content (AvgIpc) is 2.85. The summed E-state index contributed by atoms with van der Waals surface area (Å²) in [5.74, 6) is -0.281. The third-order valence-electron chi connectivity index (χ3n) is 5.35. The highest BCUT2D eigenvalue weighted by Gasteiger charge is 2.19. The van der Waals surface area contributed by atoms with Gasteiger partial charge in [-0.15, -0.1) is 0 Å². The third-order valence-corrected chi connectivity index (χ3v) is 5.35. The average molecular weight is 456 g/mol. The van der Waals surface area contributed by atoms with Gasteiger partial charge in [0.15, 0.2) is 6.61 Å². The van der Waals surface area contributed by atoms with E-state index >= 15 is 0 Å². The second-order valence-corrected chi connectivity index (χ2v) is 7.86. The van der Waals surface area contributed by atoms with Crippen LogP contribution >= 0.6 is 0 Å². The number of fused-ring (bicyclic) bond motifs is 1. The van der Waals surface area contributed by atoms with Gasteiger partial charge in [-0.3, -0.25) is 9.78 Å². The molecule has 1 amide bonds. The lowest BCUT2D eigenvalue weighted by molar-refractivity contribution is -0.136. The standard InChI is InChI=1S/C27H25N3O4/c1-18-2-8-24(9-3-18)34-26(31)17-33-23-10-5-19(6-11-23)25(15-28)27(32)30-22-7-4-21-16-29-13-12-20(21)14-22/h2-14,16,25H,15,17,28H2,1H3,(H,30,32). The van der Waals surface area contributed by atoms with Crippen molar-refractivity contribution in [1.82, 2.24) is 4.98 Å². The Kier molecular flexibility index (Phi) is 7.15. The smallest absolute Gasteiger partial charge is 0.349 e.